The number of rotatable bonds is 16. The number of nitrogens with zero attached hydrogens (tertiary/aromatic N) is 2. The topological polar surface area (TPSA) is 103 Å². The Kier molecular flexibility index (Phi) is 20.4. The maximum Gasteiger partial charge on any atom is 0.501 e. The lowest BCUT2D eigenvalue weighted by Gasteiger charge is -2.27. The highest BCUT2D eigenvalue weighted by Crippen LogP contribution is 2.18. The second kappa shape index (κ2) is 19.5. The van der Waals surface area contributed by atoms with E-state index in [1.165, 1.54) is 0 Å². The van der Waals surface area contributed by atoms with Crippen LogP contribution in [0.2, 0.25) is 12.1 Å². The molecular weight excluding hydrogens is 396 g/mol. The summed E-state index contributed by atoms with van der Waals surface area (Å²) in [7, 11) is -5.08. The second-order valence-corrected chi connectivity index (χ2v) is 10.7. The van der Waals surface area contributed by atoms with Crippen LogP contribution in [0.5, 0.6) is 0 Å². The third kappa shape index (κ3) is 13.4. The van der Waals surface area contributed by atoms with Crippen LogP contribution in [0.15, 0.2) is 0 Å². The molecule has 164 valence electrons. The molecule has 0 N–H and O–H groups in total. The number of hydrogen-bond donors (Lipinski definition) is 0. The third-order valence-corrected chi connectivity index (χ3v) is 9.37. The Bertz CT molecular complexity index is 369. The van der Waals surface area contributed by atoms with Crippen molar-refractivity contribution >= 4 is 17.6 Å². The monoisotopic (exact) mass is 434 g/mol. The van der Waals surface area contributed by atoms with Gasteiger partial charge in [0, 0.05) is 64.6 Å². The molecule has 10 heteroatoms. The van der Waals surface area contributed by atoms with Crippen LogP contribution in [-0.2, 0) is 26.6 Å². The fourth-order valence-electron chi connectivity index (χ4n) is 2.42. The molecule has 0 aromatic heterocycles. The second-order valence-electron chi connectivity index (χ2n) is 5.28. The average Bonchev–Trinajstić information content (AvgIpc) is 2.67. The molecule has 28 heavy (non-hydrogen) atoms. The first-order valence-electron chi connectivity index (χ1n) is 10.1. The van der Waals surface area contributed by atoms with Crippen molar-refractivity contribution in [2.45, 2.75) is 66.5 Å². The van der Waals surface area contributed by atoms with E-state index in [0.29, 0.717) is 64.6 Å². The fraction of sp³-hybridized carbons (Fsp3) is 0.889. The molecule has 0 aliphatic rings. The van der Waals surface area contributed by atoms with E-state index in [2.05, 4.69) is 12.1 Å². The lowest BCUT2D eigenvalue weighted by molar-refractivity contribution is 0.0709. The van der Waals surface area contributed by atoms with E-state index >= 15 is 0 Å². The average molecular weight is 435 g/mol. The molecule has 0 fully saturated rings. The van der Waals surface area contributed by atoms with Crippen molar-refractivity contribution in [3.63, 3.8) is 0 Å². The summed E-state index contributed by atoms with van der Waals surface area (Å²) < 4.78 is 33.3. The molecular formula is C18H38N2O6Si2. The van der Waals surface area contributed by atoms with Crippen molar-refractivity contribution in [2.24, 2.45) is 0 Å². The predicted molar refractivity (Wildman–Crippen MR) is 111 cm³/mol. The Morgan fingerprint density at radius 2 is 0.714 bits per heavy atom. The van der Waals surface area contributed by atoms with Crippen molar-refractivity contribution in [3.05, 3.63) is 0 Å². The molecule has 0 spiro atoms. The van der Waals surface area contributed by atoms with Crippen molar-refractivity contribution < 1.29 is 26.6 Å². The summed E-state index contributed by atoms with van der Waals surface area (Å²) in [6.07, 6.45) is 0.846. The van der Waals surface area contributed by atoms with E-state index in [4.69, 9.17) is 37.1 Å². The summed E-state index contributed by atoms with van der Waals surface area (Å²) >= 11 is 0. The third-order valence-electron chi connectivity index (χ3n) is 3.27. The van der Waals surface area contributed by atoms with Gasteiger partial charge in [-0.25, -0.2) is 0 Å². The van der Waals surface area contributed by atoms with Gasteiger partial charge in [0.1, 0.15) is 0 Å². The molecule has 0 radical (unpaired) electrons. The van der Waals surface area contributed by atoms with Gasteiger partial charge in [0.05, 0.1) is 12.1 Å². The first-order valence-corrected chi connectivity index (χ1v) is 13.9. The lowest BCUT2D eigenvalue weighted by atomic mass is 10.6. The van der Waals surface area contributed by atoms with Gasteiger partial charge >= 0.3 is 17.6 Å². The Labute approximate surface area is 173 Å². The molecule has 0 amide bonds. The summed E-state index contributed by atoms with van der Waals surface area (Å²) in [5.74, 6) is 0. The number of nitriles is 2. The highest BCUT2D eigenvalue weighted by molar-refractivity contribution is 6.61. The van der Waals surface area contributed by atoms with Crippen LogP contribution in [-0.4, -0.2) is 57.3 Å². The summed E-state index contributed by atoms with van der Waals surface area (Å²) in [6.45, 7) is 14.9. The zero-order valence-corrected chi connectivity index (χ0v) is 20.4. The smallest absolute Gasteiger partial charge is 0.374 e. The molecule has 0 aliphatic heterocycles. The molecule has 0 atom stereocenters. The summed E-state index contributed by atoms with van der Waals surface area (Å²) in [5.41, 5.74) is 0. The zero-order chi connectivity index (χ0) is 21.7. The first kappa shape index (κ1) is 29.4. The maximum atomic E-state index is 8.54. The van der Waals surface area contributed by atoms with Crippen molar-refractivity contribution in [1.29, 1.82) is 10.5 Å². The molecule has 0 rings (SSSR count). The van der Waals surface area contributed by atoms with Crippen molar-refractivity contribution in [3.8, 4) is 12.1 Å². The van der Waals surface area contributed by atoms with Gasteiger partial charge in [-0.2, -0.15) is 10.5 Å². The Morgan fingerprint density at radius 1 is 0.500 bits per heavy atom. The van der Waals surface area contributed by atoms with Crippen molar-refractivity contribution in [1.82, 2.24) is 0 Å². The Balaban J connectivity index is 0. The van der Waals surface area contributed by atoms with Crippen LogP contribution in [0.4, 0.5) is 0 Å². The molecule has 0 heterocycles. The Hall–Kier alpha value is -0.826. The summed E-state index contributed by atoms with van der Waals surface area (Å²) in [4.78, 5) is 0. The fourth-order valence-corrected chi connectivity index (χ4v) is 7.26. The minimum Gasteiger partial charge on any atom is -0.374 e. The van der Waals surface area contributed by atoms with Crippen LogP contribution >= 0.6 is 0 Å². The lowest BCUT2D eigenvalue weighted by Crippen LogP contribution is -2.45. The van der Waals surface area contributed by atoms with Crippen LogP contribution in [0, 0.1) is 22.7 Å². The van der Waals surface area contributed by atoms with Gasteiger partial charge < -0.3 is 26.6 Å². The van der Waals surface area contributed by atoms with E-state index < -0.39 is 17.6 Å². The van der Waals surface area contributed by atoms with Gasteiger partial charge in [-0.3, -0.25) is 0 Å². The van der Waals surface area contributed by atoms with Crippen LogP contribution < -0.4 is 0 Å². The molecule has 0 unspecified atom stereocenters. The molecule has 0 bridgehead atoms. The van der Waals surface area contributed by atoms with Gasteiger partial charge in [-0.05, 0) is 41.5 Å². The van der Waals surface area contributed by atoms with Crippen LogP contribution in [0.25, 0.3) is 0 Å². The SMILES string of the molecule is CCO[Si](CCC#N)(OCC)OCC.CCO[Si](CCC#N)(OCC)OCC. The minimum atomic E-state index is -2.54. The van der Waals surface area contributed by atoms with E-state index in [-0.39, 0.29) is 0 Å². The normalized spacial score (nSPS) is 11.3. The summed E-state index contributed by atoms with van der Waals surface area (Å²) in [6, 6.07) is 5.35. The van der Waals surface area contributed by atoms with Crippen molar-refractivity contribution in [2.75, 3.05) is 39.6 Å². The summed E-state index contributed by atoms with van der Waals surface area (Å²) in [5, 5.41) is 17.1. The van der Waals surface area contributed by atoms with E-state index in [9.17, 15) is 0 Å². The highest BCUT2D eigenvalue weighted by Gasteiger charge is 2.40. The van der Waals surface area contributed by atoms with Gasteiger partial charge in [0.25, 0.3) is 0 Å². The van der Waals surface area contributed by atoms with Crippen LogP contribution in [0.1, 0.15) is 54.4 Å². The van der Waals surface area contributed by atoms with E-state index in [1.54, 1.807) is 0 Å². The minimum absolute atomic E-state index is 0.423. The number of hydrogen-bond acceptors (Lipinski definition) is 8. The standard InChI is InChI=1S/2C9H19NO3Si/c2*1-4-11-14(12-5-2,13-6-3)9-7-8-10/h2*4-7,9H2,1-3H3. The van der Waals surface area contributed by atoms with E-state index in [1.807, 2.05) is 41.5 Å². The molecule has 0 saturated heterocycles. The zero-order valence-electron chi connectivity index (χ0n) is 18.4. The molecule has 8 nitrogen and oxygen atoms in total. The van der Waals surface area contributed by atoms with Gasteiger partial charge in [0.2, 0.25) is 0 Å². The predicted octanol–water partition coefficient (Wildman–Crippen LogP) is 3.90. The van der Waals surface area contributed by atoms with Gasteiger partial charge in [0.15, 0.2) is 0 Å². The highest BCUT2D eigenvalue weighted by atomic mass is 28.4. The van der Waals surface area contributed by atoms with Crippen LogP contribution in [0.3, 0.4) is 0 Å². The maximum absolute atomic E-state index is 8.54. The van der Waals surface area contributed by atoms with Gasteiger partial charge in [-0.1, -0.05) is 0 Å². The first-order chi connectivity index (χ1) is 13.5. The molecule has 0 saturated carbocycles. The molecule has 0 aromatic rings. The quantitative estimate of drug-likeness (QED) is 0.337. The molecule has 0 aliphatic carbocycles. The Morgan fingerprint density at radius 3 is 0.857 bits per heavy atom. The molecule has 0 aromatic carbocycles. The largest absolute Gasteiger partial charge is 0.501 e. The van der Waals surface area contributed by atoms with E-state index in [0.717, 1.165) is 0 Å². The van der Waals surface area contributed by atoms with Gasteiger partial charge in [-0.15, -0.1) is 0 Å².